The van der Waals surface area contributed by atoms with E-state index < -0.39 is 20.0 Å². The summed E-state index contributed by atoms with van der Waals surface area (Å²) in [5.74, 6) is 0. The van der Waals surface area contributed by atoms with Crippen LogP contribution in [0.5, 0.6) is 0 Å². The predicted octanol–water partition coefficient (Wildman–Crippen LogP) is 2.72. The largest absolute Gasteiger partial charge is 0.242 e. The fourth-order valence-electron chi connectivity index (χ4n) is 2.00. The fraction of sp³-hybridized carbons (Fsp3) is 0.200. The molecule has 0 amide bonds. The van der Waals surface area contributed by atoms with Crippen LogP contribution in [-0.4, -0.2) is 35.2 Å². The number of sulfonamides is 2. The van der Waals surface area contributed by atoms with Crippen molar-refractivity contribution in [1.82, 2.24) is 9.03 Å². The molecule has 2 rings (SSSR count). The van der Waals surface area contributed by atoms with Crippen molar-refractivity contribution < 1.29 is 16.8 Å². The highest BCUT2D eigenvalue weighted by molar-refractivity contribution is 7.89. The molecule has 0 saturated heterocycles. The van der Waals surface area contributed by atoms with E-state index in [9.17, 15) is 16.8 Å². The van der Waals surface area contributed by atoms with Crippen molar-refractivity contribution in [2.24, 2.45) is 0 Å². The third kappa shape index (κ3) is 4.52. The fourth-order valence-corrected chi connectivity index (χ4v) is 4.51. The number of benzene rings is 2. The Labute approximate surface area is 157 Å². The van der Waals surface area contributed by atoms with Crippen molar-refractivity contribution in [3.05, 3.63) is 58.1 Å². The molecule has 0 bridgehead atoms. The molecular formula is C15H16Cl2N2O4S2. The maximum absolute atomic E-state index is 12.4. The van der Waals surface area contributed by atoms with Crippen LogP contribution in [0.1, 0.15) is 5.56 Å². The quantitative estimate of drug-likeness (QED) is 0.775. The number of hydrogen-bond acceptors (Lipinski definition) is 4. The smallest absolute Gasteiger partial charge is 0.207 e. The van der Waals surface area contributed by atoms with E-state index in [4.69, 9.17) is 23.2 Å². The van der Waals surface area contributed by atoms with Crippen LogP contribution in [0.4, 0.5) is 0 Å². The zero-order chi connectivity index (χ0) is 18.8. The van der Waals surface area contributed by atoms with Gasteiger partial charge in [0.25, 0.3) is 0 Å². The summed E-state index contributed by atoms with van der Waals surface area (Å²) in [5, 5.41) is 0.350. The molecule has 0 saturated carbocycles. The Hall–Kier alpha value is -1.16. The van der Waals surface area contributed by atoms with Crippen LogP contribution >= 0.6 is 23.2 Å². The summed E-state index contributed by atoms with van der Waals surface area (Å²) in [4.78, 5) is -0.0216. The van der Waals surface area contributed by atoms with Gasteiger partial charge in [0.15, 0.2) is 0 Å². The number of rotatable bonds is 6. The molecule has 2 aromatic carbocycles. The molecule has 6 nitrogen and oxygen atoms in total. The van der Waals surface area contributed by atoms with Crippen LogP contribution < -0.4 is 4.72 Å². The lowest BCUT2D eigenvalue weighted by Crippen LogP contribution is -2.27. The van der Waals surface area contributed by atoms with Gasteiger partial charge < -0.3 is 0 Å². The van der Waals surface area contributed by atoms with Gasteiger partial charge in [0.05, 0.1) is 19.8 Å². The minimum atomic E-state index is -3.88. The molecule has 2 aromatic rings. The molecule has 0 fully saturated rings. The molecule has 0 atom stereocenters. The van der Waals surface area contributed by atoms with E-state index in [1.165, 1.54) is 38.4 Å². The number of hydrogen-bond donors (Lipinski definition) is 1. The Morgan fingerprint density at radius 3 is 2.20 bits per heavy atom. The SMILES string of the molecule is CN(C)S(=O)(=O)c1ccccc1CNS(=O)(=O)c1ccc(Cl)c(Cl)c1. The molecule has 0 radical (unpaired) electrons. The van der Waals surface area contributed by atoms with E-state index >= 15 is 0 Å². The average Bonchev–Trinajstić information content (AvgIpc) is 2.55. The van der Waals surface area contributed by atoms with Crippen molar-refractivity contribution in [1.29, 1.82) is 0 Å². The minimum absolute atomic E-state index is 0.0387. The monoisotopic (exact) mass is 422 g/mol. The van der Waals surface area contributed by atoms with Gasteiger partial charge in [0.1, 0.15) is 0 Å². The molecular weight excluding hydrogens is 407 g/mol. The van der Waals surface area contributed by atoms with Crippen molar-refractivity contribution in [3.63, 3.8) is 0 Å². The Balaban J connectivity index is 2.31. The minimum Gasteiger partial charge on any atom is -0.207 e. The molecule has 0 unspecified atom stereocenters. The lowest BCUT2D eigenvalue weighted by Gasteiger charge is -2.15. The van der Waals surface area contributed by atoms with E-state index in [2.05, 4.69) is 4.72 Å². The van der Waals surface area contributed by atoms with Crippen molar-refractivity contribution >= 4 is 43.2 Å². The van der Waals surface area contributed by atoms with Gasteiger partial charge in [0.2, 0.25) is 20.0 Å². The topological polar surface area (TPSA) is 83.6 Å². The van der Waals surface area contributed by atoms with E-state index in [0.717, 1.165) is 4.31 Å². The van der Waals surface area contributed by atoms with Crippen LogP contribution in [0.3, 0.4) is 0 Å². The summed E-state index contributed by atoms with van der Waals surface area (Å²) in [6, 6.07) is 10.1. The molecule has 25 heavy (non-hydrogen) atoms. The number of nitrogens with one attached hydrogen (secondary N) is 1. The van der Waals surface area contributed by atoms with E-state index in [1.54, 1.807) is 18.2 Å². The average molecular weight is 423 g/mol. The van der Waals surface area contributed by atoms with Gasteiger partial charge in [-0.3, -0.25) is 0 Å². The first-order chi connectivity index (χ1) is 11.6. The number of nitrogens with zero attached hydrogens (tertiary/aromatic N) is 1. The Morgan fingerprint density at radius 2 is 1.60 bits per heavy atom. The van der Waals surface area contributed by atoms with Gasteiger partial charge in [-0.05, 0) is 29.8 Å². The molecule has 0 heterocycles. The Morgan fingerprint density at radius 1 is 0.960 bits per heavy atom. The van der Waals surface area contributed by atoms with Crippen molar-refractivity contribution in [2.45, 2.75) is 16.3 Å². The molecule has 1 N–H and O–H groups in total. The predicted molar refractivity (Wildman–Crippen MR) is 97.8 cm³/mol. The van der Waals surface area contributed by atoms with Gasteiger partial charge in [-0.15, -0.1) is 0 Å². The van der Waals surface area contributed by atoms with Gasteiger partial charge >= 0.3 is 0 Å². The van der Waals surface area contributed by atoms with Gasteiger partial charge in [-0.1, -0.05) is 41.4 Å². The zero-order valence-electron chi connectivity index (χ0n) is 13.4. The molecule has 0 aromatic heterocycles. The summed E-state index contributed by atoms with van der Waals surface area (Å²) < 4.78 is 52.9. The second-order valence-corrected chi connectivity index (χ2v) is 10.00. The maximum Gasteiger partial charge on any atom is 0.242 e. The third-order valence-electron chi connectivity index (χ3n) is 3.39. The van der Waals surface area contributed by atoms with Crippen molar-refractivity contribution in [2.75, 3.05) is 14.1 Å². The summed E-state index contributed by atoms with van der Waals surface area (Å²) in [6.45, 7) is -0.189. The van der Waals surface area contributed by atoms with Crippen LogP contribution in [-0.2, 0) is 26.6 Å². The summed E-state index contributed by atoms with van der Waals surface area (Å²) in [6.07, 6.45) is 0. The first-order valence-electron chi connectivity index (χ1n) is 7.01. The lowest BCUT2D eigenvalue weighted by molar-refractivity contribution is 0.519. The van der Waals surface area contributed by atoms with E-state index in [1.807, 2.05) is 0 Å². The van der Waals surface area contributed by atoms with Crippen molar-refractivity contribution in [3.8, 4) is 0 Å². The third-order valence-corrected chi connectivity index (χ3v) is 7.44. The summed E-state index contributed by atoms with van der Waals surface area (Å²) in [5.41, 5.74) is 0.333. The lowest BCUT2D eigenvalue weighted by atomic mass is 10.2. The highest BCUT2D eigenvalue weighted by Gasteiger charge is 2.22. The second kappa shape index (κ2) is 7.61. The maximum atomic E-state index is 12.4. The van der Waals surface area contributed by atoms with Gasteiger partial charge in [0, 0.05) is 20.6 Å². The van der Waals surface area contributed by atoms with E-state index in [-0.39, 0.29) is 26.4 Å². The standard InChI is InChI=1S/C15H16Cl2N2O4S2/c1-19(2)25(22,23)15-6-4-3-5-11(15)10-18-24(20,21)12-7-8-13(16)14(17)9-12/h3-9,18H,10H2,1-2H3. The highest BCUT2D eigenvalue weighted by atomic mass is 35.5. The van der Waals surface area contributed by atoms with Crippen LogP contribution in [0.25, 0.3) is 0 Å². The van der Waals surface area contributed by atoms with Crippen LogP contribution in [0.2, 0.25) is 10.0 Å². The first-order valence-corrected chi connectivity index (χ1v) is 10.7. The summed E-state index contributed by atoms with van der Waals surface area (Å²) in [7, 11) is -4.76. The second-order valence-electron chi connectivity index (χ2n) is 5.30. The molecule has 0 aliphatic carbocycles. The van der Waals surface area contributed by atoms with Crippen LogP contribution in [0.15, 0.2) is 52.3 Å². The zero-order valence-corrected chi connectivity index (χ0v) is 16.5. The normalized spacial score (nSPS) is 12.5. The Kier molecular flexibility index (Phi) is 6.13. The van der Waals surface area contributed by atoms with Gasteiger partial charge in [-0.25, -0.2) is 25.9 Å². The first kappa shape index (κ1) is 20.2. The van der Waals surface area contributed by atoms with E-state index in [0.29, 0.717) is 5.56 Å². The molecule has 10 heteroatoms. The molecule has 0 aliphatic heterocycles. The van der Waals surface area contributed by atoms with Gasteiger partial charge in [-0.2, -0.15) is 0 Å². The molecule has 0 spiro atoms. The summed E-state index contributed by atoms with van der Waals surface area (Å²) >= 11 is 11.6. The molecule has 136 valence electrons. The Bertz CT molecular complexity index is 990. The highest BCUT2D eigenvalue weighted by Crippen LogP contribution is 2.25. The van der Waals surface area contributed by atoms with Crippen LogP contribution in [0, 0.1) is 0 Å². The molecule has 0 aliphatic rings. The number of halogens is 2.